The molecule has 1 saturated carbocycles. The number of aryl methyl sites for hydroxylation is 1. The van der Waals surface area contributed by atoms with E-state index in [0.717, 1.165) is 43.6 Å². The Balaban J connectivity index is 1.42. The molecule has 2 amide bonds. The van der Waals surface area contributed by atoms with Crippen LogP contribution in [-0.4, -0.2) is 42.7 Å². The largest absolute Gasteiger partial charge is 0.497 e. The summed E-state index contributed by atoms with van der Waals surface area (Å²) in [5.74, 6) is 2.09. The van der Waals surface area contributed by atoms with Crippen molar-refractivity contribution in [1.82, 2.24) is 15.2 Å². The first-order chi connectivity index (χ1) is 18.7. The number of rotatable bonds is 13. The summed E-state index contributed by atoms with van der Waals surface area (Å²) in [5.41, 5.74) is 2.47. The van der Waals surface area contributed by atoms with Crippen molar-refractivity contribution >= 4 is 6.03 Å². The molecule has 6 nitrogen and oxygen atoms in total. The van der Waals surface area contributed by atoms with Gasteiger partial charge in [0.2, 0.25) is 0 Å². The van der Waals surface area contributed by atoms with E-state index in [1.807, 2.05) is 54.9 Å². The highest BCUT2D eigenvalue weighted by Gasteiger charge is 2.32. The van der Waals surface area contributed by atoms with Gasteiger partial charge in [-0.1, -0.05) is 49.6 Å². The molecule has 1 N–H and O–H groups in total. The summed E-state index contributed by atoms with van der Waals surface area (Å²) in [6.07, 6.45) is 12.3. The number of pyridine rings is 1. The number of carbonyl (C=O) groups excluding carboxylic acids is 1. The van der Waals surface area contributed by atoms with Crippen LogP contribution in [0.3, 0.4) is 0 Å². The lowest BCUT2D eigenvalue weighted by Crippen LogP contribution is -2.46. The fraction of sp³-hybridized carbons (Fsp3) is 0.438. The standard InChI is InChI=1S/C32H41N3O3/c1-37-29-15-17-30(18-16-29)38-25-9-24-35(32(36)34-21-8-10-26-19-22-33-23-20-26)31(27-11-4-2-5-12-27)28-13-6-3-7-14-28/h2,4-5,11-12,15-20,22-23,28,31H,3,6-10,13-14,21,24-25H2,1H3,(H,34,36). The van der Waals surface area contributed by atoms with E-state index in [0.29, 0.717) is 25.6 Å². The van der Waals surface area contributed by atoms with Gasteiger partial charge in [-0.25, -0.2) is 4.79 Å². The van der Waals surface area contributed by atoms with Gasteiger partial charge in [-0.15, -0.1) is 0 Å². The Hall–Kier alpha value is -3.54. The third kappa shape index (κ3) is 8.23. The van der Waals surface area contributed by atoms with Crippen molar-refractivity contribution in [3.8, 4) is 11.5 Å². The third-order valence-electron chi connectivity index (χ3n) is 7.37. The predicted molar refractivity (Wildman–Crippen MR) is 152 cm³/mol. The molecule has 4 rings (SSSR count). The van der Waals surface area contributed by atoms with Crippen LogP contribution in [0.15, 0.2) is 79.1 Å². The van der Waals surface area contributed by atoms with E-state index in [9.17, 15) is 4.79 Å². The van der Waals surface area contributed by atoms with Crippen molar-refractivity contribution in [2.24, 2.45) is 5.92 Å². The van der Waals surface area contributed by atoms with Crippen LogP contribution in [-0.2, 0) is 6.42 Å². The first-order valence-corrected chi connectivity index (χ1v) is 14.0. The van der Waals surface area contributed by atoms with E-state index in [4.69, 9.17) is 9.47 Å². The number of hydrogen-bond donors (Lipinski definition) is 1. The number of hydrogen-bond acceptors (Lipinski definition) is 4. The van der Waals surface area contributed by atoms with Crippen LogP contribution in [0.1, 0.15) is 62.1 Å². The molecule has 1 aliphatic rings. The molecular weight excluding hydrogens is 474 g/mol. The first-order valence-electron chi connectivity index (χ1n) is 14.0. The Morgan fingerprint density at radius 3 is 2.37 bits per heavy atom. The van der Waals surface area contributed by atoms with Crippen molar-refractivity contribution in [3.05, 3.63) is 90.3 Å². The van der Waals surface area contributed by atoms with Crippen molar-refractivity contribution in [2.45, 2.75) is 57.4 Å². The van der Waals surface area contributed by atoms with E-state index in [2.05, 4.69) is 39.5 Å². The van der Waals surface area contributed by atoms with Crippen LogP contribution in [0, 0.1) is 5.92 Å². The SMILES string of the molecule is COc1ccc(OCCCN(C(=O)NCCCc2ccncc2)C(c2ccccc2)C2CCCCC2)cc1. The number of benzene rings is 2. The van der Waals surface area contributed by atoms with E-state index < -0.39 is 0 Å². The molecule has 6 heteroatoms. The third-order valence-corrected chi connectivity index (χ3v) is 7.37. The maximum atomic E-state index is 13.7. The van der Waals surface area contributed by atoms with Crippen molar-refractivity contribution < 1.29 is 14.3 Å². The van der Waals surface area contributed by atoms with Gasteiger partial charge in [0.05, 0.1) is 19.8 Å². The minimum atomic E-state index is 0.0172. The van der Waals surface area contributed by atoms with Gasteiger partial charge >= 0.3 is 6.03 Å². The number of aromatic nitrogens is 1. The molecular formula is C32H41N3O3. The van der Waals surface area contributed by atoms with Gasteiger partial charge in [0.15, 0.2) is 0 Å². The van der Waals surface area contributed by atoms with E-state index in [-0.39, 0.29) is 12.1 Å². The van der Waals surface area contributed by atoms with Crippen LogP contribution in [0.5, 0.6) is 11.5 Å². The fourth-order valence-electron chi connectivity index (χ4n) is 5.41. The average molecular weight is 516 g/mol. The second-order valence-electron chi connectivity index (χ2n) is 10.0. The van der Waals surface area contributed by atoms with Crippen LogP contribution in [0.2, 0.25) is 0 Å². The topological polar surface area (TPSA) is 63.7 Å². The molecule has 0 bridgehead atoms. The molecule has 1 unspecified atom stereocenters. The summed E-state index contributed by atoms with van der Waals surface area (Å²) >= 11 is 0. The highest BCUT2D eigenvalue weighted by Crippen LogP contribution is 2.38. The number of amides is 2. The molecule has 3 aromatic rings. The number of nitrogens with zero attached hydrogens (tertiary/aromatic N) is 2. The van der Waals surface area contributed by atoms with E-state index in [1.54, 1.807) is 7.11 Å². The fourth-order valence-corrected chi connectivity index (χ4v) is 5.41. The van der Waals surface area contributed by atoms with Gasteiger partial charge in [-0.05, 0) is 85.5 Å². The van der Waals surface area contributed by atoms with E-state index in [1.165, 1.54) is 30.4 Å². The zero-order valence-electron chi connectivity index (χ0n) is 22.6. The summed E-state index contributed by atoms with van der Waals surface area (Å²) in [7, 11) is 1.66. The molecule has 1 aliphatic carbocycles. The average Bonchev–Trinajstić information content (AvgIpc) is 2.98. The number of nitrogens with one attached hydrogen (secondary N) is 1. The minimum Gasteiger partial charge on any atom is -0.497 e. The molecule has 1 aromatic heterocycles. The molecule has 38 heavy (non-hydrogen) atoms. The first kappa shape index (κ1) is 27.5. The molecule has 1 heterocycles. The van der Waals surface area contributed by atoms with Crippen molar-refractivity contribution in [2.75, 3.05) is 26.8 Å². The number of methoxy groups -OCH3 is 1. The lowest BCUT2D eigenvalue weighted by molar-refractivity contribution is 0.124. The molecule has 0 saturated heterocycles. The van der Waals surface area contributed by atoms with Gasteiger partial charge in [-0.3, -0.25) is 4.98 Å². The smallest absolute Gasteiger partial charge is 0.317 e. The normalized spacial score (nSPS) is 14.4. The molecule has 0 aliphatic heterocycles. The lowest BCUT2D eigenvalue weighted by atomic mass is 9.80. The second-order valence-corrected chi connectivity index (χ2v) is 10.0. The molecule has 2 aromatic carbocycles. The van der Waals surface area contributed by atoms with Crippen molar-refractivity contribution in [3.63, 3.8) is 0 Å². The molecule has 0 radical (unpaired) electrons. The summed E-state index contributed by atoms with van der Waals surface area (Å²) in [4.78, 5) is 19.9. The van der Waals surface area contributed by atoms with Crippen LogP contribution in [0.25, 0.3) is 0 Å². The van der Waals surface area contributed by atoms with Crippen LogP contribution >= 0.6 is 0 Å². The van der Waals surface area contributed by atoms with Gasteiger partial charge in [-0.2, -0.15) is 0 Å². The Kier molecular flexibility index (Phi) is 10.9. The lowest BCUT2D eigenvalue weighted by Gasteiger charge is -2.39. The second kappa shape index (κ2) is 15.0. The highest BCUT2D eigenvalue weighted by molar-refractivity contribution is 5.74. The predicted octanol–water partition coefficient (Wildman–Crippen LogP) is 6.83. The summed E-state index contributed by atoms with van der Waals surface area (Å²) in [6.45, 7) is 1.83. The van der Waals surface area contributed by atoms with Gasteiger partial charge in [0.25, 0.3) is 0 Å². The zero-order chi connectivity index (χ0) is 26.4. The Labute approximate surface area is 227 Å². The Bertz CT molecular complexity index is 1070. The molecule has 202 valence electrons. The molecule has 1 atom stereocenters. The summed E-state index contributed by atoms with van der Waals surface area (Å²) in [6, 6.07) is 22.4. The van der Waals surface area contributed by atoms with Gasteiger partial charge in [0, 0.05) is 25.5 Å². The number of urea groups is 1. The number of ether oxygens (including phenoxy) is 2. The molecule has 1 fully saturated rings. The monoisotopic (exact) mass is 515 g/mol. The zero-order valence-corrected chi connectivity index (χ0v) is 22.6. The summed E-state index contributed by atoms with van der Waals surface area (Å²) in [5, 5.41) is 3.23. The Morgan fingerprint density at radius 1 is 0.947 bits per heavy atom. The van der Waals surface area contributed by atoms with Gasteiger partial charge < -0.3 is 19.7 Å². The molecule has 0 spiro atoms. The van der Waals surface area contributed by atoms with E-state index >= 15 is 0 Å². The quantitative estimate of drug-likeness (QED) is 0.254. The van der Waals surface area contributed by atoms with Crippen molar-refractivity contribution in [1.29, 1.82) is 0 Å². The summed E-state index contributed by atoms with van der Waals surface area (Å²) < 4.78 is 11.2. The highest BCUT2D eigenvalue weighted by atomic mass is 16.5. The number of carbonyl (C=O) groups is 1. The maximum absolute atomic E-state index is 13.7. The minimum absolute atomic E-state index is 0.0172. The Morgan fingerprint density at radius 2 is 1.66 bits per heavy atom. The maximum Gasteiger partial charge on any atom is 0.317 e. The van der Waals surface area contributed by atoms with Crippen LogP contribution < -0.4 is 14.8 Å². The van der Waals surface area contributed by atoms with Crippen LogP contribution in [0.4, 0.5) is 4.79 Å². The van der Waals surface area contributed by atoms with Gasteiger partial charge in [0.1, 0.15) is 11.5 Å².